The lowest BCUT2D eigenvalue weighted by Crippen LogP contribution is -2.34. The Balaban J connectivity index is 0.000000138. The van der Waals surface area contributed by atoms with Crippen molar-refractivity contribution < 1.29 is 51.6 Å². The number of aromatic amines is 3. The molecule has 4 aliphatic heterocycles. The van der Waals surface area contributed by atoms with Crippen molar-refractivity contribution in [2.45, 2.75) is 121 Å². The van der Waals surface area contributed by atoms with E-state index < -0.39 is 51.8 Å². The Morgan fingerprint density at radius 3 is 1.11 bits per heavy atom. The van der Waals surface area contributed by atoms with Crippen molar-refractivity contribution in [3.63, 3.8) is 0 Å². The maximum atomic E-state index is 13.5. The molecule has 0 spiro atoms. The Bertz CT molecular complexity index is 7710. The standard InChI is InChI=1S/C25H21F3N4O2S.C25H24N4O4S.C25H24N4O3S.C23H18Cl2N4O3S.2CH4/c1-16-5-11-20(12-6-16)35(33,34)31-15-13-21-17(2)32(19-9-7-18(8-10-19)25(26,27)28)30-23(21)22-4-3-14-29-24(22)31;1-17-8-10-20(11-9-17)34(31,32)29-14-12-22-23(21-7-4-13-26-24(21)29)27-28(25(22)30)16-18-5-3-6-19(15-18)33-2;1-16-6-8-20(9-7-16)33(31,32)28-12-10-22-23(21-5-4-11-26-24(21)28)27-29(25(22)30)19-14-17(2)13-18(3)15-19;1-14-4-6-18(7-5-14)33(31,32)28-10-8-20-21(19-3-2-9-26-22(19)28)27-29(23(20)30)17-12-15(24)11-16(25)13-17;;/h3-12,14H,13,15H2,1-2H3;3-11,13,15,27H,12,14,16H2,1-2H3;4-9,11,13-15,27H,10,12H2,1-3H3;2-7,9,11-13,27H,8,10H2,1H3;2*1H4. The molecule has 8 aromatic heterocycles. The molecule has 706 valence electrons. The molecule has 12 heterocycles. The van der Waals surface area contributed by atoms with E-state index in [-0.39, 0.29) is 108 Å². The zero-order valence-corrected chi connectivity index (χ0v) is 78.6. The third-order valence-corrected chi connectivity index (χ3v) is 31.3. The van der Waals surface area contributed by atoms with Gasteiger partial charge in [0, 0.05) is 111 Å². The number of nitrogens with zero attached hydrogens (tertiary/aromatic N) is 13. The number of fused-ring (bicyclic) bond motifs is 12. The number of nitrogens with one attached hydrogen (secondary N) is 3. The Morgan fingerprint density at radius 2 is 0.730 bits per heavy atom. The van der Waals surface area contributed by atoms with Crippen LogP contribution >= 0.6 is 23.2 Å². The summed E-state index contributed by atoms with van der Waals surface area (Å²) in [7, 11) is -13.9. The number of sulfonamides is 4. The number of pyridine rings is 4. The number of anilines is 4. The summed E-state index contributed by atoms with van der Waals surface area (Å²) in [6.45, 7) is 14.2. The molecule has 0 saturated carbocycles. The number of H-pyrrole nitrogens is 3. The summed E-state index contributed by atoms with van der Waals surface area (Å²) in [6, 6.07) is 63.9. The number of halogens is 5. The summed E-state index contributed by atoms with van der Waals surface area (Å²) < 4.78 is 164. The molecule has 0 aliphatic carbocycles. The fourth-order valence-electron chi connectivity index (χ4n) is 16.8. The average molecular weight is 1970 g/mol. The first-order valence-electron chi connectivity index (χ1n) is 42.6. The van der Waals surface area contributed by atoms with Gasteiger partial charge in [0.25, 0.3) is 56.8 Å². The van der Waals surface area contributed by atoms with Gasteiger partial charge in [0.05, 0.1) is 72.9 Å². The quantitative estimate of drug-likeness (QED) is 0.0910. The van der Waals surface area contributed by atoms with Crippen LogP contribution in [0.25, 0.3) is 62.1 Å². The first kappa shape index (κ1) is 97.3. The number of aryl methyl sites for hydroxylation is 6. The summed E-state index contributed by atoms with van der Waals surface area (Å²) in [5.41, 5.74) is 14.8. The van der Waals surface area contributed by atoms with Crippen LogP contribution in [-0.2, 0) is 78.5 Å². The van der Waals surface area contributed by atoms with Gasteiger partial charge in [0.15, 0.2) is 23.3 Å². The predicted molar refractivity (Wildman–Crippen MR) is 527 cm³/mol. The zero-order chi connectivity index (χ0) is 95.5. The van der Waals surface area contributed by atoms with Crippen molar-refractivity contribution in [1.29, 1.82) is 0 Å². The maximum absolute atomic E-state index is 13.5. The number of aromatic nitrogens is 12. The molecular formula is C100H95Cl2F3N16O12S4. The van der Waals surface area contributed by atoms with Crippen LogP contribution in [0.15, 0.2) is 289 Å². The molecule has 0 fully saturated rings. The molecule has 8 aromatic carbocycles. The minimum atomic E-state index is -4.42. The monoisotopic (exact) mass is 1970 g/mol. The van der Waals surface area contributed by atoms with Crippen molar-refractivity contribution in [3.05, 3.63) is 369 Å². The first-order valence-corrected chi connectivity index (χ1v) is 49.1. The Labute approximate surface area is 800 Å². The summed E-state index contributed by atoms with van der Waals surface area (Å²) >= 11 is 12.3. The smallest absolute Gasteiger partial charge is 0.416 e. The fraction of sp³-hybridized carbons (Fsp3) is 0.200. The van der Waals surface area contributed by atoms with Crippen LogP contribution in [0.3, 0.4) is 0 Å². The van der Waals surface area contributed by atoms with E-state index in [1.807, 2.05) is 84.9 Å². The van der Waals surface area contributed by atoms with Gasteiger partial charge in [-0.25, -0.2) is 89.6 Å². The number of benzene rings is 8. The maximum Gasteiger partial charge on any atom is 0.416 e. The third kappa shape index (κ3) is 19.2. The summed E-state index contributed by atoms with van der Waals surface area (Å²) in [5, 5.41) is 15.0. The summed E-state index contributed by atoms with van der Waals surface area (Å²) in [4.78, 5) is 58.4. The van der Waals surface area contributed by atoms with Crippen LogP contribution in [-0.4, -0.2) is 126 Å². The van der Waals surface area contributed by atoms with E-state index in [2.05, 4.69) is 46.4 Å². The first-order chi connectivity index (χ1) is 64.5. The summed E-state index contributed by atoms with van der Waals surface area (Å²) in [5.74, 6) is 1.85. The second-order valence-corrected chi connectivity index (χ2v) is 41.1. The van der Waals surface area contributed by atoms with Gasteiger partial charge in [-0.1, -0.05) is 127 Å². The van der Waals surface area contributed by atoms with Crippen LogP contribution < -0.4 is 38.6 Å². The molecule has 28 nitrogen and oxygen atoms in total. The van der Waals surface area contributed by atoms with Crippen molar-refractivity contribution in [1.82, 2.24) is 59.1 Å². The second-order valence-electron chi connectivity index (χ2n) is 32.8. The lowest BCUT2D eigenvalue weighted by molar-refractivity contribution is -0.137. The second kappa shape index (κ2) is 38.9. The largest absolute Gasteiger partial charge is 0.497 e. The number of hydrogen-bond acceptors (Lipinski definition) is 17. The van der Waals surface area contributed by atoms with E-state index in [1.165, 1.54) is 51.1 Å². The highest BCUT2D eigenvalue weighted by Gasteiger charge is 2.40. The number of alkyl halides is 3. The van der Waals surface area contributed by atoms with Gasteiger partial charge in [0.2, 0.25) is 0 Å². The van der Waals surface area contributed by atoms with Crippen LogP contribution in [0, 0.1) is 48.5 Å². The van der Waals surface area contributed by atoms with E-state index in [0.717, 1.165) is 68.0 Å². The lowest BCUT2D eigenvalue weighted by atomic mass is 10.1. The van der Waals surface area contributed by atoms with Crippen molar-refractivity contribution in [3.8, 4) is 67.8 Å². The van der Waals surface area contributed by atoms with E-state index >= 15 is 0 Å². The van der Waals surface area contributed by atoms with Crippen LogP contribution in [0.5, 0.6) is 5.75 Å². The van der Waals surface area contributed by atoms with Crippen molar-refractivity contribution >= 4 is 86.6 Å². The minimum Gasteiger partial charge on any atom is -0.497 e. The number of methoxy groups -OCH3 is 1. The molecule has 0 atom stereocenters. The number of rotatable bonds is 14. The predicted octanol–water partition coefficient (Wildman–Crippen LogP) is 18.4. The van der Waals surface area contributed by atoms with Gasteiger partial charge in [0.1, 0.15) is 11.4 Å². The summed E-state index contributed by atoms with van der Waals surface area (Å²) in [6.07, 6.45) is 2.87. The van der Waals surface area contributed by atoms with E-state index in [9.17, 15) is 61.2 Å². The minimum absolute atomic E-state index is 0. The molecule has 16 aromatic rings. The Hall–Kier alpha value is -14.2. The van der Waals surface area contributed by atoms with Gasteiger partial charge >= 0.3 is 6.18 Å². The van der Waals surface area contributed by atoms with Crippen molar-refractivity contribution in [2.24, 2.45) is 0 Å². The highest BCUT2D eigenvalue weighted by Crippen LogP contribution is 2.43. The Kier molecular flexibility index (Phi) is 27.6. The number of ether oxygens (including phenoxy) is 1. The lowest BCUT2D eigenvalue weighted by Gasteiger charge is -2.23. The molecule has 37 heteroatoms. The van der Waals surface area contributed by atoms with Crippen LogP contribution in [0.2, 0.25) is 10.0 Å². The van der Waals surface area contributed by atoms with Gasteiger partial charge in [-0.15, -0.1) is 0 Å². The molecular weight excluding hydrogens is 1870 g/mol. The van der Waals surface area contributed by atoms with Crippen molar-refractivity contribution in [2.75, 3.05) is 50.5 Å². The highest BCUT2D eigenvalue weighted by atomic mass is 35.5. The normalized spacial score (nSPS) is 13.2. The molecule has 0 amide bonds. The molecule has 4 aliphatic rings. The third-order valence-electron chi connectivity index (χ3n) is 23.6. The zero-order valence-electron chi connectivity index (χ0n) is 73.8. The Morgan fingerprint density at radius 1 is 0.380 bits per heavy atom. The van der Waals surface area contributed by atoms with Gasteiger partial charge in [-0.3, -0.25) is 29.7 Å². The molecule has 0 saturated heterocycles. The van der Waals surface area contributed by atoms with Gasteiger partial charge in [-0.2, -0.15) is 18.3 Å². The van der Waals surface area contributed by atoms with Crippen LogP contribution in [0.4, 0.5) is 36.4 Å². The molecule has 3 N–H and O–H groups in total. The molecule has 20 rings (SSSR count). The van der Waals surface area contributed by atoms with Crippen LogP contribution in [0.1, 0.15) is 87.3 Å². The molecule has 0 unspecified atom stereocenters. The van der Waals surface area contributed by atoms with Gasteiger partial charge < -0.3 is 4.74 Å². The SMILES string of the molecule is C.C.COc1cccc(Cn2[nH]c3c(c2=O)CCN(S(=O)(=O)c2ccc(C)cc2)c2ncccc2-3)c1.Cc1ccc(S(=O)(=O)N2CCc3c([nH]n(-c4cc(C)cc(C)c4)c3=O)-c3cccnc32)cc1.Cc1ccc(S(=O)(=O)N2CCc3c([nH]n(-c4cc(Cl)cc(Cl)c4)c3=O)-c3cccnc32)cc1.Cc1ccc(S(=O)(=O)N2CCc3c(nn(-c4ccc(C(F)(F)F)cc4)c3C)-c3cccnc32)cc1. The molecule has 0 bridgehead atoms. The molecule has 0 radical (unpaired) electrons. The average Bonchev–Trinajstić information content (AvgIpc) is 1.62. The number of hydrogen-bond donors (Lipinski definition) is 3. The van der Waals surface area contributed by atoms with Gasteiger partial charge in [-0.05, 0) is 255 Å². The fourth-order valence-corrected chi connectivity index (χ4v) is 23.1. The van der Waals surface area contributed by atoms with E-state index in [4.69, 9.17) is 27.9 Å². The topological polar surface area (TPSA) is 342 Å². The highest BCUT2D eigenvalue weighted by molar-refractivity contribution is 7.93. The van der Waals surface area contributed by atoms with E-state index in [1.54, 1.807) is 193 Å². The molecule has 137 heavy (non-hydrogen) atoms. The van der Waals surface area contributed by atoms with E-state index in [0.29, 0.717) is 113 Å².